The minimum Gasteiger partial charge on any atom is -0.493 e. The molecule has 0 fully saturated rings. The second-order valence-corrected chi connectivity index (χ2v) is 5.31. The fraction of sp³-hybridized carbons (Fsp3) is 0.588. The molecule has 1 heterocycles. The number of hydrogen-bond donors (Lipinski definition) is 0. The van der Waals surface area contributed by atoms with E-state index in [1.54, 1.807) is 0 Å². The van der Waals surface area contributed by atoms with Gasteiger partial charge in [0.15, 0.2) is 12.0 Å². The minimum absolute atomic E-state index is 0.786. The molecule has 0 aliphatic heterocycles. The van der Waals surface area contributed by atoms with E-state index in [0.717, 1.165) is 29.9 Å². The first-order valence-corrected chi connectivity index (χ1v) is 7.86. The van der Waals surface area contributed by atoms with Crippen molar-refractivity contribution in [1.82, 2.24) is 4.98 Å². The lowest BCUT2D eigenvalue weighted by Crippen LogP contribution is -1.97. The van der Waals surface area contributed by atoms with E-state index in [1.165, 1.54) is 51.3 Å². The van der Waals surface area contributed by atoms with E-state index < -0.39 is 0 Å². The molecule has 0 spiro atoms. The van der Waals surface area contributed by atoms with Gasteiger partial charge in [-0.1, -0.05) is 51.9 Å². The van der Waals surface area contributed by atoms with Gasteiger partial charge in [0.1, 0.15) is 11.3 Å². The average Bonchev–Trinajstić information content (AvgIpc) is 2.93. The summed E-state index contributed by atoms with van der Waals surface area (Å²) in [5.41, 5.74) is 1.67. The van der Waals surface area contributed by atoms with E-state index >= 15 is 0 Å². The van der Waals surface area contributed by atoms with Gasteiger partial charge in [-0.2, -0.15) is 0 Å². The van der Waals surface area contributed by atoms with Crippen LogP contribution in [0.25, 0.3) is 11.1 Å². The largest absolute Gasteiger partial charge is 0.493 e. The molecule has 1 aromatic carbocycles. The maximum Gasteiger partial charge on any atom is 0.181 e. The van der Waals surface area contributed by atoms with Crippen LogP contribution in [0.2, 0.25) is 0 Å². The second-order valence-electron chi connectivity index (χ2n) is 5.31. The number of aromatic nitrogens is 1. The van der Waals surface area contributed by atoms with Crippen molar-refractivity contribution < 1.29 is 9.15 Å². The molecule has 0 saturated heterocycles. The number of unbranched alkanes of at least 4 members (excludes halogenated alkanes) is 7. The average molecular weight is 275 g/mol. The van der Waals surface area contributed by atoms with Gasteiger partial charge in [-0.05, 0) is 18.6 Å². The quantitative estimate of drug-likeness (QED) is 0.548. The predicted octanol–water partition coefficient (Wildman–Crippen LogP) is 5.35. The van der Waals surface area contributed by atoms with Crippen LogP contribution in [-0.2, 0) is 0 Å². The smallest absolute Gasteiger partial charge is 0.181 e. The Morgan fingerprint density at radius 3 is 2.55 bits per heavy atom. The summed E-state index contributed by atoms with van der Waals surface area (Å²) in [6.45, 7) is 3.04. The fourth-order valence-electron chi connectivity index (χ4n) is 2.35. The molecule has 0 atom stereocenters. The van der Waals surface area contributed by atoms with Gasteiger partial charge in [-0.3, -0.25) is 0 Å². The van der Waals surface area contributed by atoms with E-state index in [2.05, 4.69) is 11.9 Å². The van der Waals surface area contributed by atoms with Crippen LogP contribution in [0.15, 0.2) is 29.0 Å². The third kappa shape index (κ3) is 4.87. The summed E-state index contributed by atoms with van der Waals surface area (Å²) in [6.07, 6.45) is 12.0. The topological polar surface area (TPSA) is 35.3 Å². The summed E-state index contributed by atoms with van der Waals surface area (Å²) in [5.74, 6) is 0.872. The van der Waals surface area contributed by atoms with Crippen LogP contribution in [0.5, 0.6) is 5.75 Å². The second kappa shape index (κ2) is 8.62. The maximum atomic E-state index is 5.74. The van der Waals surface area contributed by atoms with E-state index in [0.29, 0.717) is 0 Å². The zero-order chi connectivity index (χ0) is 14.0. The van der Waals surface area contributed by atoms with Gasteiger partial charge in [-0.15, -0.1) is 0 Å². The molecule has 0 aliphatic carbocycles. The van der Waals surface area contributed by atoms with Crippen molar-refractivity contribution in [1.29, 1.82) is 0 Å². The van der Waals surface area contributed by atoms with Crippen molar-refractivity contribution in [3.05, 3.63) is 24.6 Å². The summed E-state index contributed by atoms with van der Waals surface area (Å²) in [6, 6.07) is 5.80. The Hall–Kier alpha value is -1.51. The summed E-state index contributed by atoms with van der Waals surface area (Å²) < 4.78 is 11.0. The number of fused-ring (bicyclic) bond motifs is 1. The van der Waals surface area contributed by atoms with Crippen molar-refractivity contribution in [3.63, 3.8) is 0 Å². The molecular formula is C17H25NO2. The third-order valence-electron chi connectivity index (χ3n) is 3.57. The maximum absolute atomic E-state index is 5.74. The molecule has 2 rings (SSSR count). The van der Waals surface area contributed by atoms with Gasteiger partial charge in [0.2, 0.25) is 0 Å². The number of rotatable bonds is 10. The summed E-state index contributed by atoms with van der Waals surface area (Å²) >= 11 is 0. The van der Waals surface area contributed by atoms with Gasteiger partial charge in [0, 0.05) is 6.07 Å². The van der Waals surface area contributed by atoms with Crippen LogP contribution >= 0.6 is 0 Å². The van der Waals surface area contributed by atoms with Crippen molar-refractivity contribution in [3.8, 4) is 5.75 Å². The molecule has 0 aliphatic rings. The molecule has 3 nitrogen and oxygen atoms in total. The number of oxazole rings is 1. The summed E-state index contributed by atoms with van der Waals surface area (Å²) in [7, 11) is 0. The lowest BCUT2D eigenvalue weighted by molar-refractivity contribution is 0.304. The highest BCUT2D eigenvalue weighted by Crippen LogP contribution is 2.20. The number of nitrogens with zero attached hydrogens (tertiary/aromatic N) is 1. The Morgan fingerprint density at radius 1 is 1.00 bits per heavy atom. The highest BCUT2D eigenvalue weighted by atomic mass is 16.5. The highest BCUT2D eigenvalue weighted by Gasteiger charge is 2.00. The first-order valence-electron chi connectivity index (χ1n) is 7.86. The van der Waals surface area contributed by atoms with Crippen molar-refractivity contribution in [2.24, 2.45) is 0 Å². The van der Waals surface area contributed by atoms with Crippen molar-refractivity contribution in [2.75, 3.05) is 6.61 Å². The third-order valence-corrected chi connectivity index (χ3v) is 3.57. The number of ether oxygens (including phenoxy) is 1. The molecule has 0 saturated carbocycles. The van der Waals surface area contributed by atoms with Gasteiger partial charge < -0.3 is 9.15 Å². The Labute approximate surface area is 121 Å². The van der Waals surface area contributed by atoms with Crippen LogP contribution in [-0.4, -0.2) is 11.6 Å². The fourth-order valence-corrected chi connectivity index (χ4v) is 2.35. The molecule has 110 valence electrons. The highest BCUT2D eigenvalue weighted by molar-refractivity contribution is 5.73. The van der Waals surface area contributed by atoms with Crippen LogP contribution in [0.3, 0.4) is 0 Å². The van der Waals surface area contributed by atoms with Crippen LogP contribution in [0.1, 0.15) is 58.3 Å². The summed E-state index contributed by atoms with van der Waals surface area (Å²) in [5, 5.41) is 0. The number of hydrogen-bond acceptors (Lipinski definition) is 3. The van der Waals surface area contributed by atoms with Crippen molar-refractivity contribution in [2.45, 2.75) is 58.3 Å². The molecule has 20 heavy (non-hydrogen) atoms. The number of benzene rings is 1. The molecule has 3 heteroatoms. The zero-order valence-corrected chi connectivity index (χ0v) is 12.4. The van der Waals surface area contributed by atoms with E-state index in [4.69, 9.17) is 9.15 Å². The Morgan fingerprint density at radius 2 is 1.75 bits per heavy atom. The van der Waals surface area contributed by atoms with Gasteiger partial charge in [0.05, 0.1) is 6.61 Å². The van der Waals surface area contributed by atoms with Crippen LogP contribution in [0, 0.1) is 0 Å². The monoisotopic (exact) mass is 275 g/mol. The lowest BCUT2D eigenvalue weighted by Gasteiger charge is -2.05. The molecule has 1 aromatic heterocycles. The molecular weight excluding hydrogens is 250 g/mol. The zero-order valence-electron chi connectivity index (χ0n) is 12.4. The Kier molecular flexibility index (Phi) is 6.42. The Balaban J connectivity index is 1.54. The molecule has 0 unspecified atom stereocenters. The van der Waals surface area contributed by atoms with Gasteiger partial charge in [0.25, 0.3) is 0 Å². The normalized spacial score (nSPS) is 11.1. The minimum atomic E-state index is 0.786. The standard InChI is InChI=1S/C17H25NO2/c1-2-3-4-5-6-7-8-9-12-19-15-10-11-16-17(13-15)20-14-18-16/h10-11,13-14H,2-9,12H2,1H3. The molecule has 0 N–H and O–H groups in total. The van der Waals surface area contributed by atoms with Crippen LogP contribution in [0.4, 0.5) is 0 Å². The first kappa shape index (κ1) is 14.9. The van der Waals surface area contributed by atoms with E-state index in [1.807, 2.05) is 18.2 Å². The van der Waals surface area contributed by atoms with Crippen LogP contribution < -0.4 is 4.74 Å². The molecule has 2 aromatic rings. The lowest BCUT2D eigenvalue weighted by atomic mass is 10.1. The van der Waals surface area contributed by atoms with Gasteiger partial charge >= 0.3 is 0 Å². The molecule has 0 radical (unpaired) electrons. The first-order chi connectivity index (χ1) is 9.90. The van der Waals surface area contributed by atoms with Gasteiger partial charge in [-0.25, -0.2) is 4.98 Å². The SMILES string of the molecule is CCCCCCCCCCOc1ccc2ncoc2c1. The molecule has 0 bridgehead atoms. The van der Waals surface area contributed by atoms with E-state index in [-0.39, 0.29) is 0 Å². The molecule has 0 amide bonds. The Bertz CT molecular complexity index is 492. The van der Waals surface area contributed by atoms with E-state index in [9.17, 15) is 0 Å². The van der Waals surface area contributed by atoms with Crippen molar-refractivity contribution >= 4 is 11.1 Å². The summed E-state index contributed by atoms with van der Waals surface area (Å²) in [4.78, 5) is 4.09. The predicted molar refractivity (Wildman–Crippen MR) is 82.1 cm³/mol.